The van der Waals surface area contributed by atoms with Crippen LogP contribution in [0.1, 0.15) is 5.56 Å². The number of rotatable bonds is 8. The van der Waals surface area contributed by atoms with Gasteiger partial charge in [0, 0.05) is 12.1 Å². The van der Waals surface area contributed by atoms with Crippen LogP contribution in [0.25, 0.3) is 33.4 Å². The number of aromatic amines is 1. The maximum Gasteiger partial charge on any atom is 0.212 e. The minimum Gasteiger partial charge on any atom is -0.492 e. The number of pyridine rings is 1. The van der Waals surface area contributed by atoms with Crippen molar-refractivity contribution in [2.75, 3.05) is 40.5 Å². The summed E-state index contributed by atoms with van der Waals surface area (Å²) in [5.41, 5.74) is 4.84. The van der Waals surface area contributed by atoms with Crippen LogP contribution < -0.4 is 9.47 Å². The number of nitriles is 1. The van der Waals surface area contributed by atoms with Crippen molar-refractivity contribution >= 4 is 22.6 Å². The fourth-order valence-corrected chi connectivity index (χ4v) is 5.33. The smallest absolute Gasteiger partial charge is 0.212 e. The van der Waals surface area contributed by atoms with E-state index in [1.165, 1.54) is 0 Å². The minimum atomic E-state index is -0.683. The number of aromatic nitrogens is 2. The topological polar surface area (TPSA) is 113 Å². The highest BCUT2D eigenvalue weighted by atomic mass is 35.5. The van der Waals surface area contributed by atoms with Gasteiger partial charge in [0.05, 0.1) is 29.4 Å². The first-order valence-electron chi connectivity index (χ1n) is 13.1. The summed E-state index contributed by atoms with van der Waals surface area (Å²) < 4.78 is 23.2. The third-order valence-electron chi connectivity index (χ3n) is 7.20. The second-order valence-electron chi connectivity index (χ2n) is 10.2. The highest BCUT2D eigenvalue weighted by Gasteiger charge is 2.48. The quantitative estimate of drug-likeness (QED) is 0.328. The molecule has 0 amide bonds. The number of ether oxygens (including phenoxy) is 4. The van der Waals surface area contributed by atoms with Gasteiger partial charge < -0.3 is 33.9 Å². The summed E-state index contributed by atoms with van der Waals surface area (Å²) in [4.78, 5) is 9.96. The summed E-state index contributed by atoms with van der Waals surface area (Å²) in [6.07, 6.45) is -1.96. The summed E-state index contributed by atoms with van der Waals surface area (Å²) in [5.74, 6) is 1.12. The van der Waals surface area contributed by atoms with Gasteiger partial charge in [-0.05, 0) is 43.4 Å². The molecule has 2 N–H and O–H groups in total. The van der Waals surface area contributed by atoms with Crippen LogP contribution in [-0.4, -0.2) is 84.9 Å². The number of aliphatic hydroxyl groups excluding tert-OH is 1. The Balaban J connectivity index is 1.22. The van der Waals surface area contributed by atoms with E-state index in [-0.39, 0.29) is 24.7 Å². The monoisotopic (exact) mass is 560 g/mol. The number of fused-ring (bicyclic) bond motifs is 2. The van der Waals surface area contributed by atoms with Gasteiger partial charge in [-0.2, -0.15) is 5.26 Å². The molecule has 206 valence electrons. The highest BCUT2D eigenvalue weighted by Crippen LogP contribution is 2.36. The molecule has 0 spiro atoms. The summed E-state index contributed by atoms with van der Waals surface area (Å²) in [5, 5.41) is 20.4. The van der Waals surface area contributed by atoms with Crippen LogP contribution in [-0.2, 0) is 9.47 Å². The van der Waals surface area contributed by atoms with Crippen LogP contribution in [0, 0.1) is 11.3 Å². The SMILES string of the molecule is CN(C)CCOc1ccc(-c2ccc(-c3nc4c(C#N)c(O[C@@H]5CO[C@H]6[C@@H]5OC[C@H]6O)[nH]c4cc3Cl)cc2)cc1. The fraction of sp³-hybridized carbons (Fsp3) is 0.333. The van der Waals surface area contributed by atoms with Gasteiger partial charge in [-0.1, -0.05) is 48.0 Å². The Morgan fingerprint density at radius 3 is 2.42 bits per heavy atom. The van der Waals surface area contributed by atoms with Gasteiger partial charge in [0.2, 0.25) is 5.88 Å². The summed E-state index contributed by atoms with van der Waals surface area (Å²) in [7, 11) is 4.03. The molecule has 2 aromatic heterocycles. The second kappa shape index (κ2) is 11.1. The minimum absolute atomic E-state index is 0.198. The van der Waals surface area contributed by atoms with Crippen LogP contribution in [0.15, 0.2) is 54.6 Å². The van der Waals surface area contributed by atoms with E-state index in [0.717, 1.165) is 29.0 Å². The zero-order chi connectivity index (χ0) is 27.8. The number of nitrogens with zero attached hydrogens (tertiary/aromatic N) is 3. The summed E-state index contributed by atoms with van der Waals surface area (Å²) in [6, 6.07) is 19.9. The predicted molar refractivity (Wildman–Crippen MR) is 151 cm³/mol. The van der Waals surface area contributed by atoms with Gasteiger partial charge in [-0.25, -0.2) is 4.98 Å². The van der Waals surface area contributed by atoms with Crippen molar-refractivity contribution in [2.45, 2.75) is 24.4 Å². The maximum absolute atomic E-state index is 10.0. The number of halogens is 1. The molecule has 2 aliphatic heterocycles. The van der Waals surface area contributed by atoms with Crippen molar-refractivity contribution in [3.05, 3.63) is 65.2 Å². The van der Waals surface area contributed by atoms with E-state index in [9.17, 15) is 10.4 Å². The second-order valence-corrected chi connectivity index (χ2v) is 10.6. The number of hydrogen-bond acceptors (Lipinski definition) is 8. The number of hydrogen-bond donors (Lipinski definition) is 2. The van der Waals surface area contributed by atoms with Crippen LogP contribution in [0.5, 0.6) is 11.6 Å². The van der Waals surface area contributed by atoms with Gasteiger partial charge in [-0.3, -0.25) is 0 Å². The average molecular weight is 561 g/mol. The molecule has 40 heavy (non-hydrogen) atoms. The number of nitrogens with one attached hydrogen (secondary N) is 1. The molecule has 10 heteroatoms. The average Bonchev–Trinajstić information content (AvgIpc) is 3.63. The normalized spacial score (nSPS) is 22.0. The Labute approximate surface area is 236 Å². The zero-order valence-corrected chi connectivity index (χ0v) is 22.9. The van der Waals surface area contributed by atoms with Gasteiger partial charge in [0.15, 0.2) is 6.10 Å². The third kappa shape index (κ3) is 5.12. The molecule has 9 nitrogen and oxygen atoms in total. The molecule has 2 saturated heterocycles. The first-order chi connectivity index (χ1) is 19.4. The molecule has 4 heterocycles. The van der Waals surface area contributed by atoms with E-state index < -0.39 is 24.4 Å². The standard InChI is InChI=1S/C30H29ClN4O5/c1-35(2)11-12-37-20-9-7-18(8-10-20)17-3-5-19(6-4-17)26-22(31)13-23-27(34-26)21(14-32)30(33-23)40-25-16-39-28-24(36)15-38-29(25)28/h3-10,13,24-25,28-29,33,36H,11-12,15-16H2,1-2H3/t24-,25-,28-,29-/m1/s1. The Kier molecular flexibility index (Phi) is 7.36. The lowest BCUT2D eigenvalue weighted by Gasteiger charge is -2.16. The number of benzene rings is 2. The van der Waals surface area contributed by atoms with E-state index in [2.05, 4.69) is 16.0 Å². The van der Waals surface area contributed by atoms with E-state index in [1.807, 2.05) is 62.6 Å². The van der Waals surface area contributed by atoms with Crippen LogP contribution in [0.4, 0.5) is 0 Å². The summed E-state index contributed by atoms with van der Waals surface area (Å²) in [6.45, 7) is 1.94. The lowest BCUT2D eigenvalue weighted by atomic mass is 10.0. The molecule has 0 unspecified atom stereocenters. The van der Waals surface area contributed by atoms with E-state index in [1.54, 1.807) is 6.07 Å². The molecular weight excluding hydrogens is 532 g/mol. The van der Waals surface area contributed by atoms with Crippen molar-refractivity contribution in [2.24, 2.45) is 0 Å². The zero-order valence-electron chi connectivity index (χ0n) is 22.1. The van der Waals surface area contributed by atoms with Crippen molar-refractivity contribution in [1.29, 1.82) is 5.26 Å². The molecule has 0 aliphatic carbocycles. The van der Waals surface area contributed by atoms with E-state index in [4.69, 9.17) is 35.5 Å². The van der Waals surface area contributed by atoms with Crippen LogP contribution in [0.2, 0.25) is 5.02 Å². The highest BCUT2D eigenvalue weighted by molar-refractivity contribution is 6.33. The Morgan fingerprint density at radius 2 is 1.73 bits per heavy atom. The van der Waals surface area contributed by atoms with Crippen LogP contribution >= 0.6 is 11.6 Å². The molecule has 0 saturated carbocycles. The summed E-state index contributed by atoms with van der Waals surface area (Å²) >= 11 is 6.65. The Morgan fingerprint density at radius 1 is 1.05 bits per heavy atom. The van der Waals surface area contributed by atoms with E-state index in [0.29, 0.717) is 28.4 Å². The molecule has 0 radical (unpaired) electrons. The molecule has 0 bridgehead atoms. The first-order valence-corrected chi connectivity index (χ1v) is 13.5. The molecule has 4 aromatic rings. The molecule has 2 aromatic carbocycles. The fourth-order valence-electron chi connectivity index (χ4n) is 5.07. The largest absolute Gasteiger partial charge is 0.492 e. The van der Waals surface area contributed by atoms with Gasteiger partial charge in [0.1, 0.15) is 47.8 Å². The lowest BCUT2D eigenvalue weighted by Crippen LogP contribution is -2.34. The van der Waals surface area contributed by atoms with Gasteiger partial charge in [0.25, 0.3) is 0 Å². The Bertz CT molecular complexity index is 1550. The first kappa shape index (κ1) is 26.6. The van der Waals surface area contributed by atoms with Crippen molar-refractivity contribution in [1.82, 2.24) is 14.9 Å². The van der Waals surface area contributed by atoms with E-state index >= 15 is 0 Å². The molecular formula is C30H29ClN4O5. The molecule has 2 aliphatic rings. The number of likely N-dealkylation sites (N-methyl/N-ethyl adjacent to an activating group) is 1. The number of aliphatic hydroxyl groups is 1. The van der Waals surface area contributed by atoms with Gasteiger partial charge >= 0.3 is 0 Å². The van der Waals surface area contributed by atoms with Crippen molar-refractivity contribution in [3.63, 3.8) is 0 Å². The molecule has 4 atom stereocenters. The maximum atomic E-state index is 10.0. The number of H-pyrrole nitrogens is 1. The van der Waals surface area contributed by atoms with Crippen LogP contribution in [0.3, 0.4) is 0 Å². The Hall–Kier alpha value is -3.65. The predicted octanol–water partition coefficient (Wildman–Crippen LogP) is 4.27. The third-order valence-corrected chi connectivity index (χ3v) is 7.49. The molecule has 6 rings (SSSR count). The van der Waals surface area contributed by atoms with Gasteiger partial charge in [-0.15, -0.1) is 0 Å². The van der Waals surface area contributed by atoms with Crippen molar-refractivity contribution in [3.8, 4) is 40.1 Å². The van der Waals surface area contributed by atoms with Crippen molar-refractivity contribution < 1.29 is 24.1 Å². The lowest BCUT2D eigenvalue weighted by molar-refractivity contribution is 0.00789. The molecule has 2 fully saturated rings.